The van der Waals surface area contributed by atoms with E-state index >= 15 is 0 Å². The largest absolute Gasteiger partial charge is 0.379 e. The number of benzene rings is 3. The number of carbonyl (C=O) groups is 2. The first-order chi connectivity index (χ1) is 20.7. The Morgan fingerprint density at radius 2 is 1.27 bits per heavy atom. The molecule has 0 saturated carbocycles. The molecule has 6 nitrogen and oxygen atoms in total. The first-order valence-electron chi connectivity index (χ1n) is 14.9. The second kappa shape index (κ2) is 11.0. The zero-order valence-corrected chi connectivity index (χ0v) is 27.0. The highest BCUT2D eigenvalue weighted by molar-refractivity contribution is 7.87. The van der Waals surface area contributed by atoms with E-state index in [9.17, 15) is 18.0 Å². The number of hydrogen-bond acceptors (Lipinski definition) is 6. The predicted molar refractivity (Wildman–Crippen MR) is 171 cm³/mol. The lowest BCUT2D eigenvalue weighted by Crippen LogP contribution is -2.44. The van der Waals surface area contributed by atoms with Gasteiger partial charge in [0.05, 0.1) is 0 Å². The van der Waals surface area contributed by atoms with Gasteiger partial charge in [-0.2, -0.15) is 8.42 Å². The van der Waals surface area contributed by atoms with Crippen LogP contribution >= 0.6 is 11.6 Å². The van der Waals surface area contributed by atoms with Gasteiger partial charge in [-0.1, -0.05) is 87.8 Å². The molecule has 0 spiro atoms. The van der Waals surface area contributed by atoms with Crippen LogP contribution in [0.3, 0.4) is 0 Å². The molecule has 0 amide bonds. The van der Waals surface area contributed by atoms with Crippen molar-refractivity contribution in [3.63, 3.8) is 0 Å². The van der Waals surface area contributed by atoms with E-state index in [-0.39, 0.29) is 33.0 Å². The van der Waals surface area contributed by atoms with Crippen LogP contribution in [0.25, 0.3) is 0 Å². The van der Waals surface area contributed by atoms with E-state index in [1.807, 2.05) is 18.2 Å². The Balaban J connectivity index is 1.56. The molecule has 2 aliphatic carbocycles. The molecule has 0 unspecified atom stereocenters. The fraction of sp³-hybridized carbons (Fsp3) is 0.333. The zero-order valence-electron chi connectivity index (χ0n) is 25.4. The van der Waals surface area contributed by atoms with Gasteiger partial charge in [-0.25, -0.2) is 0 Å². The van der Waals surface area contributed by atoms with Gasteiger partial charge in [-0.3, -0.25) is 9.59 Å². The van der Waals surface area contributed by atoms with Crippen LogP contribution < -0.4 is 4.18 Å². The van der Waals surface area contributed by atoms with E-state index in [0.717, 1.165) is 17.0 Å². The van der Waals surface area contributed by atoms with Crippen LogP contribution in [-0.2, 0) is 26.3 Å². The lowest BCUT2D eigenvalue weighted by molar-refractivity contribution is -0.119. The van der Waals surface area contributed by atoms with Gasteiger partial charge >= 0.3 is 10.1 Å². The normalized spacial score (nSPS) is 20.0. The van der Waals surface area contributed by atoms with Crippen molar-refractivity contribution in [2.75, 3.05) is 0 Å². The molecule has 0 atom stereocenters. The molecule has 228 valence electrons. The van der Waals surface area contributed by atoms with Crippen molar-refractivity contribution in [2.24, 2.45) is 10.8 Å². The standard InChI is InChI=1S/C36H36ClNO5S/c1-35(2)18-27-33(29(39)20-35)32(26-12-8-9-13-31(26)43-44(41,42)25-16-14-24(37)15-17-25)34-28(19-36(3,4)21-30(34)40)38(27)22-23-10-6-5-7-11-23/h5-17,32H,18-22H2,1-4H3. The molecule has 0 radical (unpaired) electrons. The Hall–Kier alpha value is -3.68. The molecule has 0 bridgehead atoms. The highest BCUT2D eigenvalue weighted by atomic mass is 35.5. The smallest absolute Gasteiger partial charge is 0.339 e. The Morgan fingerprint density at radius 3 is 1.84 bits per heavy atom. The van der Waals surface area contributed by atoms with E-state index in [1.54, 1.807) is 24.3 Å². The van der Waals surface area contributed by atoms with Crippen molar-refractivity contribution < 1.29 is 22.2 Å². The van der Waals surface area contributed by atoms with Crippen LogP contribution in [0.4, 0.5) is 0 Å². The molecular weight excluding hydrogens is 594 g/mol. The molecule has 0 aromatic heterocycles. The lowest BCUT2D eigenvalue weighted by atomic mass is 9.63. The minimum atomic E-state index is -4.24. The van der Waals surface area contributed by atoms with Crippen molar-refractivity contribution in [2.45, 2.75) is 70.7 Å². The number of nitrogens with zero attached hydrogens (tertiary/aromatic N) is 1. The molecule has 3 aromatic rings. The Kier molecular flexibility index (Phi) is 7.61. The van der Waals surface area contributed by atoms with E-state index in [1.165, 1.54) is 24.3 Å². The SMILES string of the molecule is CC1(C)CC(=O)C2=C(C1)N(Cc1ccccc1)C1=C(C(=O)CC(C)(C)C1)C2c1ccccc1OS(=O)(=O)c1ccc(Cl)cc1. The third-order valence-electron chi connectivity index (χ3n) is 8.74. The molecule has 0 saturated heterocycles. The summed E-state index contributed by atoms with van der Waals surface area (Å²) in [4.78, 5) is 30.6. The number of carbonyl (C=O) groups excluding carboxylic acids is 2. The summed E-state index contributed by atoms with van der Waals surface area (Å²) >= 11 is 6.00. The van der Waals surface area contributed by atoms with Crippen molar-refractivity contribution >= 4 is 33.3 Å². The summed E-state index contributed by atoms with van der Waals surface area (Å²) in [7, 11) is -4.24. The second-order valence-corrected chi connectivity index (χ2v) is 15.6. The van der Waals surface area contributed by atoms with E-state index in [0.29, 0.717) is 54.0 Å². The first-order valence-corrected chi connectivity index (χ1v) is 16.7. The maximum Gasteiger partial charge on any atom is 0.339 e. The maximum atomic E-state index is 14.2. The summed E-state index contributed by atoms with van der Waals surface area (Å²) in [5.74, 6) is -0.702. The summed E-state index contributed by atoms with van der Waals surface area (Å²) < 4.78 is 32.7. The van der Waals surface area contributed by atoms with Crippen molar-refractivity contribution in [3.8, 4) is 5.75 Å². The number of para-hydroxylation sites is 1. The lowest BCUT2D eigenvalue weighted by Gasteiger charge is -2.49. The fourth-order valence-corrected chi connectivity index (χ4v) is 7.96. The molecule has 1 heterocycles. The van der Waals surface area contributed by atoms with Crippen LogP contribution in [-0.4, -0.2) is 24.9 Å². The number of halogens is 1. The molecule has 0 N–H and O–H groups in total. The third kappa shape index (κ3) is 5.75. The number of Topliss-reactive ketones (excluding diaryl/α,β-unsaturated/α-hetero) is 2. The molecule has 6 rings (SSSR count). The highest BCUT2D eigenvalue weighted by Crippen LogP contribution is 2.56. The van der Waals surface area contributed by atoms with Crippen LogP contribution in [0.5, 0.6) is 5.75 Å². The number of allylic oxidation sites excluding steroid dienone is 4. The summed E-state index contributed by atoms with van der Waals surface area (Å²) in [6.07, 6.45) is 1.95. The van der Waals surface area contributed by atoms with Gasteiger partial charge in [0.1, 0.15) is 10.6 Å². The average molecular weight is 630 g/mol. The Labute approximate surface area is 264 Å². The molecule has 3 aliphatic rings. The fourth-order valence-electron chi connectivity index (χ4n) is 6.88. The molecule has 8 heteroatoms. The average Bonchev–Trinajstić information content (AvgIpc) is 2.93. The van der Waals surface area contributed by atoms with E-state index < -0.39 is 16.0 Å². The second-order valence-electron chi connectivity index (χ2n) is 13.6. The Bertz CT molecular complexity index is 1770. The monoisotopic (exact) mass is 629 g/mol. The number of rotatable bonds is 6. The summed E-state index contributed by atoms with van der Waals surface area (Å²) in [5, 5.41) is 0.406. The predicted octanol–water partition coefficient (Wildman–Crippen LogP) is 7.99. The maximum absolute atomic E-state index is 14.2. The van der Waals surface area contributed by atoms with Gasteiger partial charge in [0, 0.05) is 58.4 Å². The van der Waals surface area contributed by atoms with Gasteiger partial charge in [0.15, 0.2) is 11.6 Å². The first kappa shape index (κ1) is 30.4. The van der Waals surface area contributed by atoms with Crippen molar-refractivity contribution in [1.82, 2.24) is 4.90 Å². The van der Waals surface area contributed by atoms with Crippen molar-refractivity contribution in [3.05, 3.63) is 118 Å². The van der Waals surface area contributed by atoms with Crippen LogP contribution in [0.15, 0.2) is 106 Å². The molecule has 3 aromatic carbocycles. The third-order valence-corrected chi connectivity index (χ3v) is 10.2. The molecule has 1 aliphatic heterocycles. The molecule has 44 heavy (non-hydrogen) atoms. The van der Waals surface area contributed by atoms with Crippen LogP contribution in [0.1, 0.15) is 70.4 Å². The van der Waals surface area contributed by atoms with Crippen LogP contribution in [0.2, 0.25) is 5.02 Å². The minimum Gasteiger partial charge on any atom is -0.379 e. The Morgan fingerprint density at radius 1 is 0.750 bits per heavy atom. The van der Waals surface area contributed by atoms with Crippen LogP contribution in [0, 0.1) is 10.8 Å². The summed E-state index contributed by atoms with van der Waals surface area (Å²) in [6, 6.07) is 22.7. The molecular formula is C36H36ClNO5S. The highest BCUT2D eigenvalue weighted by Gasteiger charge is 2.49. The summed E-state index contributed by atoms with van der Waals surface area (Å²) in [5.41, 5.74) is 3.93. The van der Waals surface area contributed by atoms with Crippen molar-refractivity contribution in [1.29, 1.82) is 0 Å². The topological polar surface area (TPSA) is 80.8 Å². The number of ketones is 2. The van der Waals surface area contributed by atoms with E-state index in [4.69, 9.17) is 15.8 Å². The van der Waals surface area contributed by atoms with Gasteiger partial charge < -0.3 is 9.08 Å². The number of hydrogen-bond donors (Lipinski definition) is 0. The van der Waals surface area contributed by atoms with Gasteiger partial charge in [0.25, 0.3) is 0 Å². The van der Waals surface area contributed by atoms with E-state index in [2.05, 4.69) is 44.7 Å². The van der Waals surface area contributed by atoms with Gasteiger partial charge in [-0.05, 0) is 59.6 Å². The quantitative estimate of drug-likeness (QED) is 0.257. The minimum absolute atomic E-state index is 0.0288. The zero-order chi connectivity index (χ0) is 31.4. The molecule has 0 fully saturated rings. The summed E-state index contributed by atoms with van der Waals surface area (Å²) in [6.45, 7) is 8.92. The van der Waals surface area contributed by atoms with Gasteiger partial charge in [0.2, 0.25) is 0 Å². The van der Waals surface area contributed by atoms with Gasteiger partial charge in [-0.15, -0.1) is 0 Å².